The monoisotopic (exact) mass is 254 g/mol. The number of rotatable bonds is 5. The van der Waals surface area contributed by atoms with Crippen LogP contribution in [0.1, 0.15) is 16.8 Å². The first-order chi connectivity index (χ1) is 8.41. The van der Waals surface area contributed by atoms with E-state index >= 15 is 0 Å². The Hall–Kier alpha value is -2.44. The molecular weight excluding hydrogens is 243 g/mol. The molecule has 0 fully saturated rings. The molecule has 18 heavy (non-hydrogen) atoms. The fourth-order valence-corrected chi connectivity index (χ4v) is 1.28. The van der Waals surface area contributed by atoms with Crippen molar-refractivity contribution in [2.75, 3.05) is 0 Å². The standard InChI is InChI=1S/C11H11FN2O4/c12-7-4-2-1-3-6(7)10(16)14-8(11(17)18)5-9(13)15/h1-4,8H,5H2,(H2,13,15)(H,14,16)(H,17,18)/t8-/m1/s1. The van der Waals surface area contributed by atoms with E-state index in [1.54, 1.807) is 0 Å². The largest absolute Gasteiger partial charge is 0.480 e. The van der Waals surface area contributed by atoms with Crippen LogP contribution in [0.3, 0.4) is 0 Å². The van der Waals surface area contributed by atoms with Gasteiger partial charge in [-0.05, 0) is 12.1 Å². The van der Waals surface area contributed by atoms with Gasteiger partial charge in [0, 0.05) is 0 Å². The fraction of sp³-hybridized carbons (Fsp3) is 0.182. The SMILES string of the molecule is NC(=O)C[C@@H](NC(=O)c1ccccc1F)C(=O)O. The molecule has 4 N–H and O–H groups in total. The van der Waals surface area contributed by atoms with Gasteiger partial charge >= 0.3 is 5.97 Å². The summed E-state index contributed by atoms with van der Waals surface area (Å²) >= 11 is 0. The first kappa shape index (κ1) is 13.6. The van der Waals surface area contributed by atoms with Gasteiger partial charge in [0.15, 0.2) is 0 Å². The number of carboxylic acid groups (broad SMARTS) is 1. The van der Waals surface area contributed by atoms with Crippen molar-refractivity contribution in [3.8, 4) is 0 Å². The van der Waals surface area contributed by atoms with E-state index in [0.29, 0.717) is 0 Å². The average Bonchev–Trinajstić information content (AvgIpc) is 2.27. The summed E-state index contributed by atoms with van der Waals surface area (Å²) in [6, 6.07) is 3.62. The number of carbonyl (C=O) groups is 3. The molecule has 7 heteroatoms. The number of hydrogen-bond acceptors (Lipinski definition) is 3. The highest BCUT2D eigenvalue weighted by atomic mass is 19.1. The molecule has 0 heterocycles. The van der Waals surface area contributed by atoms with Crippen LogP contribution in [0, 0.1) is 5.82 Å². The van der Waals surface area contributed by atoms with Crippen molar-refractivity contribution in [3.05, 3.63) is 35.6 Å². The minimum absolute atomic E-state index is 0.298. The topological polar surface area (TPSA) is 109 Å². The van der Waals surface area contributed by atoms with Crippen LogP contribution in [0.15, 0.2) is 24.3 Å². The number of benzene rings is 1. The van der Waals surface area contributed by atoms with Crippen molar-refractivity contribution in [1.82, 2.24) is 5.32 Å². The molecule has 6 nitrogen and oxygen atoms in total. The van der Waals surface area contributed by atoms with Crippen LogP contribution in [-0.2, 0) is 9.59 Å². The minimum atomic E-state index is -1.48. The quantitative estimate of drug-likeness (QED) is 0.680. The number of halogens is 1. The minimum Gasteiger partial charge on any atom is -0.480 e. The van der Waals surface area contributed by atoms with E-state index in [2.05, 4.69) is 0 Å². The number of carboxylic acids is 1. The van der Waals surface area contributed by atoms with Crippen LogP contribution in [0.4, 0.5) is 4.39 Å². The second-order valence-electron chi connectivity index (χ2n) is 3.51. The van der Waals surface area contributed by atoms with Crippen molar-refractivity contribution in [2.45, 2.75) is 12.5 Å². The number of carbonyl (C=O) groups excluding carboxylic acids is 2. The molecular formula is C11H11FN2O4. The van der Waals surface area contributed by atoms with Gasteiger partial charge in [0.2, 0.25) is 5.91 Å². The molecule has 0 saturated carbocycles. The van der Waals surface area contributed by atoms with E-state index in [1.165, 1.54) is 18.2 Å². The first-order valence-corrected chi connectivity index (χ1v) is 4.98. The molecule has 1 atom stereocenters. The molecule has 0 aliphatic carbocycles. The number of nitrogens with one attached hydrogen (secondary N) is 1. The van der Waals surface area contributed by atoms with Crippen molar-refractivity contribution in [3.63, 3.8) is 0 Å². The van der Waals surface area contributed by atoms with Crippen LogP contribution in [0.25, 0.3) is 0 Å². The molecule has 1 aromatic rings. The predicted molar refractivity (Wildman–Crippen MR) is 59.1 cm³/mol. The van der Waals surface area contributed by atoms with Gasteiger partial charge in [0.1, 0.15) is 11.9 Å². The summed E-state index contributed by atoms with van der Waals surface area (Å²) in [5.41, 5.74) is 4.55. The Bertz CT molecular complexity index is 490. The summed E-state index contributed by atoms with van der Waals surface area (Å²) in [6.45, 7) is 0. The van der Waals surface area contributed by atoms with Gasteiger partial charge in [-0.25, -0.2) is 9.18 Å². The smallest absolute Gasteiger partial charge is 0.326 e. The third kappa shape index (κ3) is 3.55. The zero-order chi connectivity index (χ0) is 13.7. The number of primary amides is 1. The molecule has 96 valence electrons. The maximum absolute atomic E-state index is 13.3. The predicted octanol–water partition coefficient (Wildman–Crippen LogP) is -0.116. The molecule has 0 aromatic heterocycles. The molecule has 0 bridgehead atoms. The number of aliphatic carboxylic acids is 1. The second-order valence-corrected chi connectivity index (χ2v) is 3.51. The molecule has 0 aliphatic heterocycles. The zero-order valence-electron chi connectivity index (χ0n) is 9.22. The summed E-state index contributed by atoms with van der Waals surface area (Å²) in [6.07, 6.45) is -0.560. The fourth-order valence-electron chi connectivity index (χ4n) is 1.28. The van der Waals surface area contributed by atoms with Gasteiger partial charge in [-0.2, -0.15) is 0 Å². The van der Waals surface area contributed by atoms with Gasteiger partial charge in [-0.3, -0.25) is 9.59 Å². The van der Waals surface area contributed by atoms with Crippen LogP contribution < -0.4 is 11.1 Å². The van der Waals surface area contributed by atoms with Gasteiger partial charge in [-0.1, -0.05) is 12.1 Å². The van der Waals surface area contributed by atoms with Crippen molar-refractivity contribution >= 4 is 17.8 Å². The summed E-state index contributed by atoms with van der Waals surface area (Å²) in [7, 11) is 0. The first-order valence-electron chi connectivity index (χ1n) is 4.98. The third-order valence-corrected chi connectivity index (χ3v) is 2.13. The van der Waals surface area contributed by atoms with Crippen molar-refractivity contribution in [1.29, 1.82) is 0 Å². The molecule has 1 rings (SSSR count). The van der Waals surface area contributed by atoms with E-state index in [0.717, 1.165) is 6.07 Å². The summed E-state index contributed by atoms with van der Waals surface area (Å²) < 4.78 is 13.3. The van der Waals surface area contributed by atoms with Crippen LogP contribution in [0.5, 0.6) is 0 Å². The number of hydrogen-bond donors (Lipinski definition) is 3. The number of amides is 2. The highest BCUT2D eigenvalue weighted by molar-refractivity contribution is 5.97. The summed E-state index contributed by atoms with van der Waals surface area (Å²) in [5, 5.41) is 10.8. The molecule has 0 saturated heterocycles. The normalized spacial score (nSPS) is 11.6. The number of nitrogens with two attached hydrogens (primary N) is 1. The Morgan fingerprint density at radius 2 is 1.94 bits per heavy atom. The van der Waals surface area contributed by atoms with E-state index < -0.39 is 36.1 Å². The van der Waals surface area contributed by atoms with Crippen LogP contribution >= 0.6 is 0 Å². The van der Waals surface area contributed by atoms with Gasteiger partial charge in [0.25, 0.3) is 5.91 Å². The summed E-state index contributed by atoms with van der Waals surface area (Å²) in [4.78, 5) is 33.0. The van der Waals surface area contributed by atoms with E-state index in [9.17, 15) is 18.8 Å². The molecule has 2 amide bonds. The Morgan fingerprint density at radius 1 is 1.33 bits per heavy atom. The highest BCUT2D eigenvalue weighted by Gasteiger charge is 2.23. The Labute approximate surface area is 102 Å². The average molecular weight is 254 g/mol. The van der Waals surface area contributed by atoms with Gasteiger partial charge in [0.05, 0.1) is 12.0 Å². The molecule has 0 aliphatic rings. The molecule has 0 radical (unpaired) electrons. The van der Waals surface area contributed by atoms with E-state index in [1.807, 2.05) is 5.32 Å². The Kier molecular flexibility index (Phi) is 4.36. The lowest BCUT2D eigenvalue weighted by Crippen LogP contribution is -2.43. The Morgan fingerprint density at radius 3 is 2.44 bits per heavy atom. The maximum atomic E-state index is 13.3. The van der Waals surface area contributed by atoms with Crippen LogP contribution in [0.2, 0.25) is 0 Å². The van der Waals surface area contributed by atoms with Crippen LogP contribution in [-0.4, -0.2) is 28.9 Å². The van der Waals surface area contributed by atoms with Gasteiger partial charge in [-0.15, -0.1) is 0 Å². The lowest BCUT2D eigenvalue weighted by Gasteiger charge is -2.12. The van der Waals surface area contributed by atoms with Gasteiger partial charge < -0.3 is 16.2 Å². The van der Waals surface area contributed by atoms with Crippen molar-refractivity contribution in [2.24, 2.45) is 5.73 Å². The van der Waals surface area contributed by atoms with E-state index in [4.69, 9.17) is 10.8 Å². The lowest BCUT2D eigenvalue weighted by molar-refractivity contribution is -0.140. The highest BCUT2D eigenvalue weighted by Crippen LogP contribution is 2.06. The molecule has 0 spiro atoms. The Balaban J connectivity index is 2.82. The lowest BCUT2D eigenvalue weighted by atomic mass is 10.1. The molecule has 1 aromatic carbocycles. The zero-order valence-corrected chi connectivity index (χ0v) is 9.22. The van der Waals surface area contributed by atoms with Crippen molar-refractivity contribution < 1.29 is 23.9 Å². The maximum Gasteiger partial charge on any atom is 0.326 e. The third-order valence-electron chi connectivity index (χ3n) is 2.13. The van der Waals surface area contributed by atoms with E-state index in [-0.39, 0.29) is 5.56 Å². The second kappa shape index (κ2) is 5.76. The summed E-state index contributed by atoms with van der Waals surface area (Å²) in [5.74, 6) is -3.99. The molecule has 0 unspecified atom stereocenters.